The molecule has 4 heteroatoms. The molecule has 0 bridgehead atoms. The molecule has 1 aromatic rings. The van der Waals surface area contributed by atoms with Crippen molar-refractivity contribution in [2.45, 2.75) is 27.2 Å². The van der Waals surface area contributed by atoms with Crippen LogP contribution < -0.4 is 4.90 Å². The highest BCUT2D eigenvalue weighted by atomic mass is 35.5. The van der Waals surface area contributed by atoms with Gasteiger partial charge in [-0.3, -0.25) is 0 Å². The van der Waals surface area contributed by atoms with E-state index in [-0.39, 0.29) is 0 Å². The van der Waals surface area contributed by atoms with Crippen molar-refractivity contribution in [3.05, 3.63) is 17.5 Å². The molecule has 0 saturated carbocycles. The highest BCUT2D eigenvalue weighted by Gasteiger charge is 2.12. The first kappa shape index (κ1) is 12.2. The second-order valence-electron chi connectivity index (χ2n) is 3.72. The summed E-state index contributed by atoms with van der Waals surface area (Å²) in [4.78, 5) is 10.5. The Labute approximate surface area is 96.5 Å². The third-order valence-electron chi connectivity index (χ3n) is 2.55. The number of halogens is 1. The van der Waals surface area contributed by atoms with Gasteiger partial charge >= 0.3 is 0 Å². The number of hydrogen-bond acceptors (Lipinski definition) is 3. The van der Waals surface area contributed by atoms with Crippen molar-refractivity contribution >= 4 is 17.4 Å². The van der Waals surface area contributed by atoms with Crippen molar-refractivity contribution in [2.75, 3.05) is 18.0 Å². The standard InChI is InChI=1S/C11H18ClN3/c1-4-9(3)8-15(5-2)11-10(12)13-6-7-14-11/h6-7,9H,4-5,8H2,1-3H3. The van der Waals surface area contributed by atoms with E-state index in [2.05, 4.69) is 35.6 Å². The van der Waals surface area contributed by atoms with Crippen molar-refractivity contribution < 1.29 is 0 Å². The van der Waals surface area contributed by atoms with Crippen LogP contribution in [0.5, 0.6) is 0 Å². The summed E-state index contributed by atoms with van der Waals surface area (Å²) in [5, 5.41) is 0.489. The van der Waals surface area contributed by atoms with E-state index in [1.54, 1.807) is 12.4 Å². The maximum atomic E-state index is 6.01. The van der Waals surface area contributed by atoms with E-state index in [1.165, 1.54) is 0 Å². The van der Waals surface area contributed by atoms with Crippen molar-refractivity contribution in [1.29, 1.82) is 0 Å². The predicted molar refractivity (Wildman–Crippen MR) is 64.4 cm³/mol. The fourth-order valence-corrected chi connectivity index (χ4v) is 1.62. The van der Waals surface area contributed by atoms with E-state index in [0.29, 0.717) is 11.1 Å². The summed E-state index contributed by atoms with van der Waals surface area (Å²) < 4.78 is 0. The zero-order valence-corrected chi connectivity index (χ0v) is 10.3. The van der Waals surface area contributed by atoms with Gasteiger partial charge in [-0.05, 0) is 12.8 Å². The summed E-state index contributed by atoms with van der Waals surface area (Å²) in [5.41, 5.74) is 0. The van der Waals surface area contributed by atoms with Crippen LogP contribution in [0.25, 0.3) is 0 Å². The largest absolute Gasteiger partial charge is 0.354 e. The Morgan fingerprint density at radius 2 is 2.00 bits per heavy atom. The summed E-state index contributed by atoms with van der Waals surface area (Å²) >= 11 is 6.01. The number of aromatic nitrogens is 2. The molecule has 0 N–H and O–H groups in total. The van der Waals surface area contributed by atoms with E-state index in [9.17, 15) is 0 Å². The van der Waals surface area contributed by atoms with E-state index >= 15 is 0 Å². The van der Waals surface area contributed by atoms with Crippen LogP contribution in [-0.4, -0.2) is 23.1 Å². The molecule has 0 amide bonds. The van der Waals surface area contributed by atoms with E-state index in [1.807, 2.05) is 0 Å². The van der Waals surface area contributed by atoms with Gasteiger partial charge in [-0.2, -0.15) is 0 Å². The van der Waals surface area contributed by atoms with Crippen molar-refractivity contribution in [3.8, 4) is 0 Å². The highest BCUT2D eigenvalue weighted by Crippen LogP contribution is 2.20. The molecule has 1 atom stereocenters. The average Bonchev–Trinajstić information content (AvgIpc) is 2.26. The molecule has 3 nitrogen and oxygen atoms in total. The quantitative estimate of drug-likeness (QED) is 0.775. The van der Waals surface area contributed by atoms with Crippen LogP contribution in [0.3, 0.4) is 0 Å². The fourth-order valence-electron chi connectivity index (χ4n) is 1.40. The maximum absolute atomic E-state index is 6.01. The summed E-state index contributed by atoms with van der Waals surface area (Å²) in [6, 6.07) is 0. The van der Waals surface area contributed by atoms with Gasteiger partial charge in [0, 0.05) is 25.5 Å². The Hall–Kier alpha value is -0.830. The van der Waals surface area contributed by atoms with Crippen LogP contribution in [0, 0.1) is 5.92 Å². The molecule has 1 rings (SSSR count). The van der Waals surface area contributed by atoms with Crippen molar-refractivity contribution in [1.82, 2.24) is 9.97 Å². The van der Waals surface area contributed by atoms with Crippen LogP contribution in [0.2, 0.25) is 5.15 Å². The normalized spacial score (nSPS) is 12.5. The molecule has 15 heavy (non-hydrogen) atoms. The molecule has 0 aromatic carbocycles. The molecular weight excluding hydrogens is 210 g/mol. The van der Waals surface area contributed by atoms with Crippen LogP contribution in [-0.2, 0) is 0 Å². The molecule has 0 fully saturated rings. The Kier molecular flexibility index (Phi) is 4.82. The fraction of sp³-hybridized carbons (Fsp3) is 0.636. The van der Waals surface area contributed by atoms with Crippen LogP contribution in [0.15, 0.2) is 12.4 Å². The second-order valence-corrected chi connectivity index (χ2v) is 4.08. The van der Waals surface area contributed by atoms with Crippen LogP contribution in [0.4, 0.5) is 5.82 Å². The van der Waals surface area contributed by atoms with Crippen LogP contribution >= 0.6 is 11.6 Å². The second kappa shape index (κ2) is 5.91. The lowest BCUT2D eigenvalue weighted by Gasteiger charge is -2.25. The zero-order chi connectivity index (χ0) is 11.3. The summed E-state index contributed by atoms with van der Waals surface area (Å²) in [6.45, 7) is 8.41. The predicted octanol–water partition coefficient (Wildman–Crippen LogP) is 3.00. The number of rotatable bonds is 5. The van der Waals surface area contributed by atoms with E-state index in [4.69, 9.17) is 11.6 Å². The number of nitrogens with zero attached hydrogens (tertiary/aromatic N) is 3. The van der Waals surface area contributed by atoms with Gasteiger partial charge in [0.05, 0.1) is 0 Å². The lowest BCUT2D eigenvalue weighted by molar-refractivity contribution is 0.545. The van der Waals surface area contributed by atoms with Gasteiger partial charge in [-0.1, -0.05) is 31.9 Å². The molecular formula is C11H18ClN3. The molecule has 0 aliphatic carbocycles. The monoisotopic (exact) mass is 227 g/mol. The molecule has 1 aromatic heterocycles. The molecule has 1 unspecified atom stereocenters. The van der Waals surface area contributed by atoms with Crippen LogP contribution in [0.1, 0.15) is 27.2 Å². The van der Waals surface area contributed by atoms with Gasteiger partial charge in [-0.25, -0.2) is 9.97 Å². The van der Waals surface area contributed by atoms with Gasteiger partial charge in [-0.15, -0.1) is 0 Å². The third-order valence-corrected chi connectivity index (χ3v) is 2.81. The molecule has 0 aliphatic heterocycles. The highest BCUT2D eigenvalue weighted by molar-refractivity contribution is 6.31. The molecule has 0 spiro atoms. The minimum Gasteiger partial charge on any atom is -0.354 e. The summed E-state index contributed by atoms with van der Waals surface area (Å²) in [6.07, 6.45) is 4.46. The Bertz CT molecular complexity index is 304. The van der Waals surface area contributed by atoms with E-state index in [0.717, 1.165) is 25.3 Å². The molecule has 84 valence electrons. The Morgan fingerprint density at radius 3 is 2.53 bits per heavy atom. The maximum Gasteiger partial charge on any atom is 0.171 e. The smallest absolute Gasteiger partial charge is 0.171 e. The van der Waals surface area contributed by atoms with Gasteiger partial charge < -0.3 is 4.90 Å². The summed E-state index contributed by atoms with van der Waals surface area (Å²) in [7, 11) is 0. The number of hydrogen-bond donors (Lipinski definition) is 0. The zero-order valence-electron chi connectivity index (χ0n) is 9.57. The first-order chi connectivity index (χ1) is 7.19. The third kappa shape index (κ3) is 3.34. The SMILES string of the molecule is CCC(C)CN(CC)c1nccnc1Cl. The number of anilines is 1. The molecule has 0 aliphatic rings. The van der Waals surface area contributed by atoms with Gasteiger partial charge in [0.25, 0.3) is 0 Å². The molecule has 0 saturated heterocycles. The molecule has 0 radical (unpaired) electrons. The minimum atomic E-state index is 0.489. The summed E-state index contributed by atoms with van der Waals surface area (Å²) in [5.74, 6) is 1.44. The van der Waals surface area contributed by atoms with Crippen molar-refractivity contribution in [3.63, 3.8) is 0 Å². The van der Waals surface area contributed by atoms with Gasteiger partial charge in [0.2, 0.25) is 0 Å². The Balaban J connectivity index is 2.78. The minimum absolute atomic E-state index is 0.489. The lowest BCUT2D eigenvalue weighted by Crippen LogP contribution is -2.29. The molecule has 1 heterocycles. The average molecular weight is 228 g/mol. The first-order valence-corrected chi connectivity index (χ1v) is 5.78. The first-order valence-electron chi connectivity index (χ1n) is 5.40. The topological polar surface area (TPSA) is 29.0 Å². The Morgan fingerprint density at radius 1 is 1.33 bits per heavy atom. The van der Waals surface area contributed by atoms with Gasteiger partial charge in [0.1, 0.15) is 0 Å². The van der Waals surface area contributed by atoms with E-state index < -0.39 is 0 Å². The lowest BCUT2D eigenvalue weighted by atomic mass is 10.1. The van der Waals surface area contributed by atoms with Gasteiger partial charge in [0.15, 0.2) is 11.0 Å². The van der Waals surface area contributed by atoms with Crippen molar-refractivity contribution in [2.24, 2.45) is 5.92 Å².